The van der Waals surface area contributed by atoms with Crippen LogP contribution in [0.4, 0.5) is 0 Å². The Morgan fingerprint density at radius 1 is 1.36 bits per heavy atom. The minimum absolute atomic E-state index is 0.00360. The summed E-state index contributed by atoms with van der Waals surface area (Å²) in [6.07, 6.45) is 1.58. The second-order valence-electron chi connectivity index (χ2n) is 7.06. The van der Waals surface area contributed by atoms with E-state index in [1.165, 1.54) is 11.1 Å². The van der Waals surface area contributed by atoms with Crippen LogP contribution in [0.25, 0.3) is 0 Å². The molecule has 0 radical (unpaired) electrons. The summed E-state index contributed by atoms with van der Waals surface area (Å²) in [4.78, 5) is 18.6. The third-order valence-electron chi connectivity index (χ3n) is 4.61. The third-order valence-corrected chi connectivity index (χ3v) is 4.61. The van der Waals surface area contributed by atoms with Crippen molar-refractivity contribution in [3.8, 4) is 0 Å². The van der Waals surface area contributed by atoms with Crippen molar-refractivity contribution in [3.05, 3.63) is 47.1 Å². The van der Waals surface area contributed by atoms with Crippen LogP contribution >= 0.6 is 0 Å². The van der Waals surface area contributed by atoms with Crippen molar-refractivity contribution in [1.29, 1.82) is 0 Å². The number of hydrogen-bond acceptors (Lipinski definition) is 5. The van der Waals surface area contributed by atoms with Gasteiger partial charge in [-0.25, -0.2) is 0 Å². The van der Waals surface area contributed by atoms with Crippen LogP contribution in [0.1, 0.15) is 43.6 Å². The van der Waals surface area contributed by atoms with Crippen LogP contribution in [0.2, 0.25) is 0 Å². The highest BCUT2D eigenvalue weighted by Gasteiger charge is 2.31. The molecule has 6 nitrogen and oxygen atoms in total. The zero-order valence-corrected chi connectivity index (χ0v) is 15.1. The molecule has 0 fully saturated rings. The van der Waals surface area contributed by atoms with Gasteiger partial charge in [0.2, 0.25) is 5.91 Å². The summed E-state index contributed by atoms with van der Waals surface area (Å²) in [5.74, 6) is 1.06. The first-order valence-electron chi connectivity index (χ1n) is 8.75. The number of carbonyl (C=O) groups excluding carboxylic acids is 1. The second kappa shape index (κ2) is 7.35. The van der Waals surface area contributed by atoms with E-state index in [1.54, 1.807) is 0 Å². The van der Waals surface area contributed by atoms with Gasteiger partial charge >= 0.3 is 0 Å². The summed E-state index contributed by atoms with van der Waals surface area (Å²) in [5, 5.41) is 3.82. The number of aryl methyl sites for hydroxylation is 1. The first-order valence-corrected chi connectivity index (χ1v) is 8.75. The molecule has 134 valence electrons. The third kappa shape index (κ3) is 4.07. The highest BCUT2D eigenvalue weighted by molar-refractivity contribution is 5.77. The fourth-order valence-electron chi connectivity index (χ4n) is 3.32. The Balaban J connectivity index is 1.58. The smallest absolute Gasteiger partial charge is 0.252 e. The zero-order chi connectivity index (χ0) is 17.9. The van der Waals surface area contributed by atoms with Crippen molar-refractivity contribution in [1.82, 2.24) is 15.0 Å². The number of carbonyl (C=O) groups is 1. The molecule has 0 saturated heterocycles. The Bertz CT molecular complexity index is 739. The first-order chi connectivity index (χ1) is 12.0. The molecule has 0 N–H and O–H groups in total. The van der Waals surface area contributed by atoms with E-state index in [0.717, 1.165) is 6.42 Å². The lowest BCUT2D eigenvalue weighted by molar-refractivity contribution is -0.137. The van der Waals surface area contributed by atoms with Gasteiger partial charge in [-0.1, -0.05) is 50.2 Å². The van der Waals surface area contributed by atoms with Crippen LogP contribution in [0.15, 0.2) is 28.8 Å². The van der Waals surface area contributed by atoms with E-state index in [4.69, 9.17) is 9.26 Å². The monoisotopic (exact) mass is 343 g/mol. The quantitative estimate of drug-likeness (QED) is 0.834. The van der Waals surface area contributed by atoms with Crippen LogP contribution in [0.3, 0.4) is 0 Å². The van der Waals surface area contributed by atoms with E-state index in [0.29, 0.717) is 31.2 Å². The Morgan fingerprint density at radius 2 is 2.16 bits per heavy atom. The van der Waals surface area contributed by atoms with Crippen molar-refractivity contribution in [2.24, 2.45) is 0 Å². The number of amides is 1. The Hall–Kier alpha value is -2.21. The summed E-state index contributed by atoms with van der Waals surface area (Å²) in [7, 11) is 0. The summed E-state index contributed by atoms with van der Waals surface area (Å²) in [6, 6.07) is 8.45. The van der Waals surface area contributed by atoms with Gasteiger partial charge in [0.15, 0.2) is 5.82 Å². The molecular formula is C19H25N3O3. The average Bonchev–Trinajstić information content (AvgIpc) is 3.01. The lowest BCUT2D eigenvalue weighted by Gasteiger charge is -2.30. The number of ether oxygens (including phenoxy) is 1. The lowest BCUT2D eigenvalue weighted by Crippen LogP contribution is -2.41. The van der Waals surface area contributed by atoms with Crippen molar-refractivity contribution >= 4 is 5.91 Å². The van der Waals surface area contributed by atoms with Gasteiger partial charge in [-0.3, -0.25) is 4.79 Å². The van der Waals surface area contributed by atoms with Crippen molar-refractivity contribution in [3.63, 3.8) is 0 Å². The summed E-state index contributed by atoms with van der Waals surface area (Å²) < 4.78 is 10.6. The van der Waals surface area contributed by atoms with Crippen molar-refractivity contribution in [2.45, 2.75) is 45.6 Å². The van der Waals surface area contributed by atoms with E-state index in [9.17, 15) is 4.79 Å². The summed E-state index contributed by atoms with van der Waals surface area (Å²) in [5.41, 5.74) is 2.57. The maximum atomic E-state index is 12.6. The van der Waals surface area contributed by atoms with Gasteiger partial charge in [-0.15, -0.1) is 0 Å². The predicted molar refractivity (Wildman–Crippen MR) is 93.1 cm³/mol. The van der Waals surface area contributed by atoms with E-state index >= 15 is 0 Å². The van der Waals surface area contributed by atoms with Crippen molar-refractivity contribution in [2.75, 3.05) is 19.7 Å². The minimum Gasteiger partial charge on any atom is -0.362 e. The number of hydrogen-bond donors (Lipinski definition) is 0. The van der Waals surface area contributed by atoms with Gasteiger partial charge in [0.1, 0.15) is 13.2 Å². The summed E-state index contributed by atoms with van der Waals surface area (Å²) >= 11 is 0. The number of aromatic nitrogens is 2. The Morgan fingerprint density at radius 3 is 2.92 bits per heavy atom. The Kier molecular flexibility index (Phi) is 5.18. The Labute approximate surface area is 148 Å². The molecule has 2 heterocycles. The molecule has 0 saturated carbocycles. The van der Waals surface area contributed by atoms with Gasteiger partial charge in [-0.05, 0) is 17.5 Å². The molecule has 0 bridgehead atoms. The molecule has 0 spiro atoms. The molecule has 0 aliphatic carbocycles. The van der Waals surface area contributed by atoms with E-state index in [2.05, 4.69) is 48.3 Å². The molecule has 6 heteroatoms. The molecule has 1 aromatic heterocycles. The topological polar surface area (TPSA) is 68.5 Å². The highest BCUT2D eigenvalue weighted by Crippen LogP contribution is 2.30. The molecule has 1 aliphatic heterocycles. The molecular weight excluding hydrogens is 318 g/mol. The molecule has 3 rings (SSSR count). The van der Waals surface area contributed by atoms with E-state index in [-0.39, 0.29) is 24.5 Å². The van der Waals surface area contributed by atoms with E-state index < -0.39 is 0 Å². The van der Waals surface area contributed by atoms with Gasteiger partial charge < -0.3 is 14.2 Å². The van der Waals surface area contributed by atoms with Crippen LogP contribution < -0.4 is 0 Å². The standard InChI is InChI=1S/C19H25N3O3/c1-4-16-20-17(25-21-16)11-24-12-18(23)22-10-9-14-7-5-6-8-15(14)19(2,3)13-22/h5-8H,4,9-13H2,1-3H3. The summed E-state index contributed by atoms with van der Waals surface area (Å²) in [6.45, 7) is 7.91. The van der Waals surface area contributed by atoms with Gasteiger partial charge in [0.05, 0.1) is 0 Å². The normalized spacial score (nSPS) is 16.4. The highest BCUT2D eigenvalue weighted by atomic mass is 16.5. The number of benzene rings is 1. The van der Waals surface area contributed by atoms with Crippen molar-refractivity contribution < 1.29 is 14.1 Å². The molecule has 1 aliphatic rings. The molecule has 0 unspecified atom stereocenters. The van der Waals surface area contributed by atoms with Gasteiger partial charge in [0.25, 0.3) is 5.89 Å². The predicted octanol–water partition coefficient (Wildman–Crippen LogP) is 2.51. The van der Waals surface area contributed by atoms with Crippen LogP contribution in [0.5, 0.6) is 0 Å². The fraction of sp³-hybridized carbons (Fsp3) is 0.526. The number of fused-ring (bicyclic) bond motifs is 1. The molecule has 1 aromatic carbocycles. The zero-order valence-electron chi connectivity index (χ0n) is 15.1. The molecule has 25 heavy (non-hydrogen) atoms. The maximum absolute atomic E-state index is 12.6. The minimum atomic E-state index is -0.0781. The average molecular weight is 343 g/mol. The molecule has 2 aromatic rings. The van der Waals surface area contributed by atoms with Crippen LogP contribution in [-0.2, 0) is 34.4 Å². The second-order valence-corrected chi connectivity index (χ2v) is 7.06. The SMILES string of the molecule is CCc1noc(COCC(=O)N2CCc3ccccc3C(C)(C)C2)n1. The maximum Gasteiger partial charge on any atom is 0.252 e. The number of nitrogens with zero attached hydrogens (tertiary/aromatic N) is 3. The fourth-order valence-corrected chi connectivity index (χ4v) is 3.32. The molecule has 0 atom stereocenters. The first kappa shape index (κ1) is 17.6. The largest absolute Gasteiger partial charge is 0.362 e. The van der Waals surface area contributed by atoms with Gasteiger partial charge in [-0.2, -0.15) is 4.98 Å². The lowest BCUT2D eigenvalue weighted by atomic mass is 9.82. The van der Waals surface area contributed by atoms with Crippen LogP contribution in [-0.4, -0.2) is 40.6 Å². The molecule has 1 amide bonds. The van der Waals surface area contributed by atoms with E-state index in [1.807, 2.05) is 11.8 Å². The van der Waals surface area contributed by atoms with Crippen LogP contribution in [0, 0.1) is 0 Å². The number of rotatable bonds is 5. The van der Waals surface area contributed by atoms with Gasteiger partial charge in [0, 0.05) is 24.9 Å².